The van der Waals surface area contributed by atoms with E-state index in [1.165, 1.54) is 11.6 Å². The molecule has 1 amide bonds. The number of carbonyl (C=O) groups excluding carboxylic acids is 1. The van der Waals surface area contributed by atoms with Gasteiger partial charge in [-0.1, -0.05) is 42.5 Å². The van der Waals surface area contributed by atoms with Gasteiger partial charge in [-0.15, -0.1) is 0 Å². The second-order valence-electron chi connectivity index (χ2n) is 6.32. The third-order valence-electron chi connectivity index (χ3n) is 4.23. The molecule has 3 aromatic rings. The van der Waals surface area contributed by atoms with Crippen molar-refractivity contribution in [2.45, 2.75) is 20.0 Å². The van der Waals surface area contributed by atoms with Gasteiger partial charge in [-0.05, 0) is 63.5 Å². The number of hydrazone groups is 1. The van der Waals surface area contributed by atoms with Gasteiger partial charge in [0.15, 0.2) is 11.5 Å². The maximum Gasteiger partial charge on any atom is 0.254 e. The van der Waals surface area contributed by atoms with Gasteiger partial charge >= 0.3 is 0 Å². The number of amides is 1. The molecule has 0 aliphatic rings. The molecule has 7 heteroatoms. The van der Waals surface area contributed by atoms with Crippen LogP contribution in [0.3, 0.4) is 0 Å². The normalized spacial score (nSPS) is 10.7. The average molecular weight is 513 g/mol. The van der Waals surface area contributed by atoms with E-state index in [-0.39, 0.29) is 6.42 Å². The summed E-state index contributed by atoms with van der Waals surface area (Å²) in [4.78, 5) is 11.3. The summed E-state index contributed by atoms with van der Waals surface area (Å²) in [5, 5.41) is 14.7. The van der Waals surface area contributed by atoms with Gasteiger partial charge in [0.2, 0.25) is 0 Å². The highest BCUT2D eigenvalue weighted by atomic mass is 127. The van der Waals surface area contributed by atoms with Crippen LogP contribution in [0.5, 0.6) is 11.5 Å². The zero-order valence-corrected chi connectivity index (χ0v) is 18.5. The summed E-state index contributed by atoms with van der Waals surface area (Å²) in [5.41, 5.74) is 4.16. The van der Waals surface area contributed by atoms with Gasteiger partial charge < -0.3 is 9.47 Å². The minimum Gasteiger partial charge on any atom is -0.490 e. The quantitative estimate of drug-likeness (QED) is 0.267. The van der Waals surface area contributed by atoms with E-state index in [0.717, 1.165) is 20.1 Å². The highest BCUT2D eigenvalue weighted by molar-refractivity contribution is 14.1. The molecule has 3 rings (SSSR count). The standard InChI is InChI=1S/C23H20IN3O3/c1-2-29-21-13-16(14-26-27-22(28)10-11-25)12-20(24)23(21)30-15-18-8-5-7-17-6-3-4-9-19(17)18/h3-9,12-14H,2,10,15H2,1H3,(H,27,28). The molecule has 6 nitrogen and oxygen atoms in total. The molecule has 0 heterocycles. The maximum atomic E-state index is 11.3. The largest absolute Gasteiger partial charge is 0.490 e. The van der Waals surface area contributed by atoms with Crippen molar-refractivity contribution in [3.8, 4) is 17.6 Å². The fraction of sp³-hybridized carbons (Fsp3) is 0.174. The highest BCUT2D eigenvalue weighted by Gasteiger charge is 2.13. The minimum absolute atomic E-state index is 0.236. The van der Waals surface area contributed by atoms with E-state index in [1.54, 1.807) is 6.07 Å². The molecular weight excluding hydrogens is 493 g/mol. The number of nitriles is 1. The molecule has 0 spiro atoms. The van der Waals surface area contributed by atoms with Gasteiger partial charge in [-0.2, -0.15) is 10.4 Å². The van der Waals surface area contributed by atoms with Gasteiger partial charge in [-0.25, -0.2) is 5.43 Å². The van der Waals surface area contributed by atoms with Gasteiger partial charge in [0, 0.05) is 0 Å². The molecule has 0 aliphatic heterocycles. The van der Waals surface area contributed by atoms with Crippen LogP contribution in [-0.4, -0.2) is 18.7 Å². The molecule has 0 radical (unpaired) electrons. The number of ether oxygens (including phenoxy) is 2. The number of hydrogen-bond donors (Lipinski definition) is 1. The summed E-state index contributed by atoms with van der Waals surface area (Å²) in [5.74, 6) is 0.814. The summed E-state index contributed by atoms with van der Waals surface area (Å²) in [6, 6.07) is 19.8. The van der Waals surface area contributed by atoms with Crippen LogP contribution >= 0.6 is 22.6 Å². The molecule has 0 atom stereocenters. The van der Waals surface area contributed by atoms with Crippen LogP contribution in [0.1, 0.15) is 24.5 Å². The third-order valence-corrected chi connectivity index (χ3v) is 5.03. The minimum atomic E-state index is -0.455. The smallest absolute Gasteiger partial charge is 0.254 e. The fourth-order valence-electron chi connectivity index (χ4n) is 2.92. The van der Waals surface area contributed by atoms with Crippen molar-refractivity contribution in [1.82, 2.24) is 5.43 Å². The molecule has 30 heavy (non-hydrogen) atoms. The number of fused-ring (bicyclic) bond motifs is 1. The Morgan fingerprint density at radius 3 is 2.80 bits per heavy atom. The SMILES string of the molecule is CCOc1cc(C=NNC(=O)CC#N)cc(I)c1OCc1cccc2ccccc12. The monoisotopic (exact) mass is 513 g/mol. The number of nitrogens with zero attached hydrogens (tertiary/aromatic N) is 2. The fourth-order valence-corrected chi connectivity index (χ4v) is 3.70. The maximum absolute atomic E-state index is 11.3. The zero-order chi connectivity index (χ0) is 21.3. The molecule has 0 bridgehead atoms. The Morgan fingerprint density at radius 2 is 2.00 bits per heavy atom. The summed E-state index contributed by atoms with van der Waals surface area (Å²) >= 11 is 2.19. The molecule has 0 unspecified atom stereocenters. The topological polar surface area (TPSA) is 83.7 Å². The van der Waals surface area contributed by atoms with Gasteiger partial charge in [0.1, 0.15) is 13.0 Å². The number of nitrogens with one attached hydrogen (secondary N) is 1. The van der Waals surface area contributed by atoms with Crippen molar-refractivity contribution in [3.63, 3.8) is 0 Å². The van der Waals surface area contributed by atoms with Crippen molar-refractivity contribution in [1.29, 1.82) is 5.26 Å². The van der Waals surface area contributed by atoms with Crippen molar-refractivity contribution in [2.75, 3.05) is 6.61 Å². The van der Waals surface area contributed by atoms with E-state index in [1.807, 2.05) is 37.3 Å². The average Bonchev–Trinajstić information content (AvgIpc) is 2.73. The van der Waals surface area contributed by atoms with E-state index in [9.17, 15) is 4.79 Å². The molecule has 0 saturated carbocycles. The number of rotatable bonds is 8. The Labute approximate surface area is 188 Å². The molecular formula is C23H20IN3O3. The zero-order valence-electron chi connectivity index (χ0n) is 16.4. The first kappa shape index (κ1) is 21.6. The van der Waals surface area contributed by atoms with E-state index >= 15 is 0 Å². The molecule has 0 aliphatic carbocycles. The van der Waals surface area contributed by atoms with Crippen molar-refractivity contribution in [2.24, 2.45) is 5.10 Å². The second-order valence-corrected chi connectivity index (χ2v) is 7.48. The lowest BCUT2D eigenvalue weighted by molar-refractivity contribution is -0.120. The van der Waals surface area contributed by atoms with E-state index in [4.69, 9.17) is 14.7 Å². The summed E-state index contributed by atoms with van der Waals surface area (Å²) < 4.78 is 12.8. The Hall–Kier alpha value is -3.12. The number of benzene rings is 3. The van der Waals surface area contributed by atoms with Crippen LogP contribution in [0.25, 0.3) is 10.8 Å². The second kappa shape index (κ2) is 10.6. The van der Waals surface area contributed by atoms with E-state index in [2.05, 4.69) is 57.4 Å². The first-order valence-electron chi connectivity index (χ1n) is 9.37. The Balaban J connectivity index is 1.81. The summed E-state index contributed by atoms with van der Waals surface area (Å²) in [7, 11) is 0. The van der Waals surface area contributed by atoms with Crippen LogP contribution in [-0.2, 0) is 11.4 Å². The predicted molar refractivity (Wildman–Crippen MR) is 125 cm³/mol. The van der Waals surface area contributed by atoms with E-state index < -0.39 is 5.91 Å². The van der Waals surface area contributed by atoms with Gasteiger partial charge in [-0.3, -0.25) is 4.79 Å². The van der Waals surface area contributed by atoms with Crippen LogP contribution in [0.2, 0.25) is 0 Å². The van der Waals surface area contributed by atoms with Crippen LogP contribution in [0.4, 0.5) is 0 Å². The number of hydrogen-bond acceptors (Lipinski definition) is 5. The lowest BCUT2D eigenvalue weighted by Gasteiger charge is -2.15. The Kier molecular flexibility index (Phi) is 7.63. The van der Waals surface area contributed by atoms with Crippen molar-refractivity contribution in [3.05, 3.63) is 69.3 Å². The summed E-state index contributed by atoms with van der Waals surface area (Å²) in [6.45, 7) is 2.81. The Bertz CT molecular complexity index is 1120. The first-order chi connectivity index (χ1) is 14.6. The number of halogens is 1. The third kappa shape index (κ3) is 5.48. The molecule has 0 saturated heterocycles. The van der Waals surface area contributed by atoms with Crippen LogP contribution < -0.4 is 14.9 Å². The molecule has 152 valence electrons. The van der Waals surface area contributed by atoms with Crippen molar-refractivity contribution < 1.29 is 14.3 Å². The highest BCUT2D eigenvalue weighted by Crippen LogP contribution is 2.35. The summed E-state index contributed by atoms with van der Waals surface area (Å²) in [6.07, 6.45) is 1.27. The molecule has 1 N–H and O–H groups in total. The lowest BCUT2D eigenvalue weighted by atomic mass is 10.1. The van der Waals surface area contributed by atoms with Crippen molar-refractivity contribution >= 4 is 45.5 Å². The molecule has 0 fully saturated rings. The lowest BCUT2D eigenvalue weighted by Crippen LogP contribution is -2.16. The molecule has 0 aromatic heterocycles. The first-order valence-corrected chi connectivity index (χ1v) is 10.4. The predicted octanol–water partition coefficient (Wildman–Crippen LogP) is 4.79. The van der Waals surface area contributed by atoms with Crippen LogP contribution in [0, 0.1) is 14.9 Å². The van der Waals surface area contributed by atoms with E-state index in [0.29, 0.717) is 24.7 Å². The van der Waals surface area contributed by atoms with Gasteiger partial charge in [0.05, 0.1) is 22.5 Å². The van der Waals surface area contributed by atoms with Gasteiger partial charge in [0.25, 0.3) is 5.91 Å². The number of carbonyl (C=O) groups is 1. The molecule has 3 aromatic carbocycles. The Morgan fingerprint density at radius 1 is 1.20 bits per heavy atom. The van der Waals surface area contributed by atoms with Crippen LogP contribution in [0.15, 0.2) is 59.7 Å².